The monoisotopic (exact) mass is 384 g/mol. The fourth-order valence-electron chi connectivity index (χ4n) is 2.35. The molecule has 1 aromatic carbocycles. The van der Waals surface area contributed by atoms with Crippen LogP contribution in [0.5, 0.6) is 0 Å². The zero-order valence-electron chi connectivity index (χ0n) is 14.6. The van der Waals surface area contributed by atoms with Crippen molar-refractivity contribution in [2.45, 2.75) is 20.8 Å². The van der Waals surface area contributed by atoms with E-state index in [1.54, 1.807) is 18.4 Å². The van der Waals surface area contributed by atoms with Gasteiger partial charge in [0, 0.05) is 6.20 Å². The summed E-state index contributed by atoms with van der Waals surface area (Å²) >= 11 is 5.33. The van der Waals surface area contributed by atoms with Gasteiger partial charge in [0.25, 0.3) is 0 Å². The van der Waals surface area contributed by atoms with Crippen LogP contribution in [0.3, 0.4) is 0 Å². The van der Waals surface area contributed by atoms with E-state index in [0.29, 0.717) is 4.77 Å². The summed E-state index contributed by atoms with van der Waals surface area (Å²) in [7, 11) is -2.64. The van der Waals surface area contributed by atoms with Gasteiger partial charge in [-0.15, -0.1) is 0 Å². The summed E-state index contributed by atoms with van der Waals surface area (Å²) in [6, 6.07) is 5.70. The second-order valence-electron chi connectivity index (χ2n) is 5.16. The summed E-state index contributed by atoms with van der Waals surface area (Å²) in [5, 5.41) is -0.212. The second kappa shape index (κ2) is 8.10. The lowest BCUT2D eigenvalue weighted by atomic mass is 10.2. The average Bonchev–Trinajstić information content (AvgIpc) is 2.86. The molecule has 0 saturated carbocycles. The Kier molecular flexibility index (Phi) is 6.35. The third-order valence-corrected chi connectivity index (χ3v) is 5.79. The molecule has 7 nitrogen and oxygen atoms in total. The van der Waals surface area contributed by atoms with Crippen LogP contribution in [0.1, 0.15) is 19.4 Å². The fraction of sp³-hybridized carbons (Fsp3) is 0.375. The van der Waals surface area contributed by atoms with Gasteiger partial charge in [-0.3, -0.25) is 9.13 Å². The van der Waals surface area contributed by atoms with Gasteiger partial charge in [-0.2, -0.15) is 0 Å². The van der Waals surface area contributed by atoms with Crippen LogP contribution in [0, 0.1) is 11.7 Å². The number of aromatic nitrogens is 2. The summed E-state index contributed by atoms with van der Waals surface area (Å²) in [4.78, 5) is 15.3. The number of carbonyl (C=O) groups excluding carboxylic acids is 1. The maximum Gasteiger partial charge on any atom is 0.370 e. The molecule has 0 atom stereocenters. The Labute approximate surface area is 151 Å². The van der Waals surface area contributed by atoms with E-state index in [4.69, 9.17) is 26.0 Å². The van der Waals surface area contributed by atoms with Crippen molar-refractivity contribution in [2.24, 2.45) is 0 Å². The highest BCUT2D eigenvalue weighted by Gasteiger charge is 2.36. The number of imidazole rings is 1. The van der Waals surface area contributed by atoms with E-state index in [9.17, 15) is 9.36 Å². The molecule has 2 aromatic rings. The first-order valence-corrected chi connectivity index (χ1v) is 9.72. The van der Waals surface area contributed by atoms with Crippen LogP contribution < -0.4 is 0 Å². The Morgan fingerprint density at radius 3 is 2.52 bits per heavy atom. The number of benzene rings is 1. The number of carbonyl (C=O) groups is 1. The standard InChI is InChI=1S/C16H21N2O5PS/c1-5-22-24(20,23-6-2)14(15(19)21-4)10-18-13-8-7-11(3)9-12(13)17-16(18)25/h7-10H,5-6H2,1-4H3,(H,17,25)/b14-10-. The maximum atomic E-state index is 13.1. The van der Waals surface area contributed by atoms with Crippen molar-refractivity contribution in [2.75, 3.05) is 20.3 Å². The van der Waals surface area contributed by atoms with E-state index in [-0.39, 0.29) is 18.5 Å². The van der Waals surface area contributed by atoms with Gasteiger partial charge in [0.1, 0.15) is 0 Å². The molecular weight excluding hydrogens is 363 g/mol. The first-order valence-electron chi connectivity index (χ1n) is 7.77. The number of fused-ring (bicyclic) bond motifs is 1. The predicted octanol–water partition coefficient (Wildman–Crippen LogP) is 4.24. The molecule has 0 spiro atoms. The SMILES string of the molecule is CCOP(=O)(OCC)/C(=C\n1c(=S)[nH]c2cc(C)ccc21)C(=O)OC. The predicted molar refractivity (Wildman–Crippen MR) is 99.0 cm³/mol. The van der Waals surface area contributed by atoms with E-state index in [1.165, 1.54) is 13.3 Å². The van der Waals surface area contributed by atoms with Crippen molar-refractivity contribution in [1.82, 2.24) is 9.55 Å². The molecule has 136 valence electrons. The molecule has 1 N–H and O–H groups in total. The van der Waals surface area contributed by atoms with Crippen molar-refractivity contribution in [3.05, 3.63) is 33.8 Å². The smallest absolute Gasteiger partial charge is 0.370 e. The van der Waals surface area contributed by atoms with Gasteiger partial charge < -0.3 is 18.8 Å². The highest BCUT2D eigenvalue weighted by atomic mass is 32.1. The normalized spacial score (nSPS) is 12.6. The lowest BCUT2D eigenvalue weighted by Gasteiger charge is -2.18. The summed E-state index contributed by atoms with van der Waals surface area (Å²) in [6.45, 7) is 5.53. The van der Waals surface area contributed by atoms with E-state index in [2.05, 4.69) is 4.98 Å². The number of nitrogens with one attached hydrogen (secondary N) is 1. The molecule has 0 bridgehead atoms. The minimum atomic E-state index is -3.85. The number of hydrogen-bond donors (Lipinski definition) is 1. The van der Waals surface area contributed by atoms with E-state index in [0.717, 1.165) is 16.6 Å². The van der Waals surface area contributed by atoms with Gasteiger partial charge in [0.15, 0.2) is 10.1 Å². The van der Waals surface area contributed by atoms with Gasteiger partial charge in [-0.25, -0.2) is 4.79 Å². The number of nitrogens with zero attached hydrogens (tertiary/aromatic N) is 1. The number of aryl methyl sites for hydroxylation is 1. The molecule has 0 fully saturated rings. The topological polar surface area (TPSA) is 82.5 Å². The van der Waals surface area contributed by atoms with Gasteiger partial charge >= 0.3 is 13.6 Å². The molecule has 1 heterocycles. The molecule has 0 unspecified atom stereocenters. The molecule has 1 aromatic heterocycles. The molecular formula is C16H21N2O5PS. The van der Waals surface area contributed by atoms with E-state index in [1.807, 2.05) is 25.1 Å². The summed E-state index contributed by atoms with van der Waals surface area (Å²) in [5.41, 5.74) is 2.59. The van der Waals surface area contributed by atoms with Crippen LogP contribution in [-0.4, -0.2) is 35.8 Å². The summed E-state index contributed by atoms with van der Waals surface area (Å²) in [6.07, 6.45) is 1.36. The first-order chi connectivity index (χ1) is 11.9. The Balaban J connectivity index is 2.70. The minimum absolute atomic E-state index is 0.115. The summed E-state index contributed by atoms with van der Waals surface area (Å²) < 4.78 is 30.3. The zero-order valence-corrected chi connectivity index (χ0v) is 16.3. The molecule has 0 amide bonds. The quantitative estimate of drug-likeness (QED) is 0.333. The lowest BCUT2D eigenvalue weighted by molar-refractivity contribution is -0.135. The Morgan fingerprint density at radius 1 is 1.32 bits per heavy atom. The zero-order chi connectivity index (χ0) is 18.6. The van der Waals surface area contributed by atoms with Crippen molar-refractivity contribution in [3.8, 4) is 0 Å². The highest BCUT2D eigenvalue weighted by molar-refractivity contribution is 7.71. The van der Waals surface area contributed by atoms with Gasteiger partial charge in [0.05, 0.1) is 31.4 Å². The lowest BCUT2D eigenvalue weighted by Crippen LogP contribution is -2.11. The number of esters is 1. The molecule has 9 heteroatoms. The fourth-order valence-corrected chi connectivity index (χ4v) is 4.22. The van der Waals surface area contributed by atoms with Crippen LogP contribution in [0.4, 0.5) is 0 Å². The van der Waals surface area contributed by atoms with Crippen molar-refractivity contribution in [3.63, 3.8) is 0 Å². The van der Waals surface area contributed by atoms with Crippen LogP contribution in [0.2, 0.25) is 0 Å². The molecule has 0 radical (unpaired) electrons. The van der Waals surface area contributed by atoms with Crippen LogP contribution in [0.15, 0.2) is 23.5 Å². The average molecular weight is 384 g/mol. The minimum Gasteiger partial charge on any atom is -0.465 e. The third kappa shape index (κ3) is 4.10. The molecule has 0 saturated heterocycles. The number of H-pyrrole nitrogens is 1. The Morgan fingerprint density at radius 2 is 1.96 bits per heavy atom. The Bertz CT molecular complexity index is 905. The maximum absolute atomic E-state index is 13.1. The molecule has 0 aliphatic rings. The largest absolute Gasteiger partial charge is 0.465 e. The second-order valence-corrected chi connectivity index (χ2v) is 7.54. The molecule has 0 aliphatic carbocycles. The van der Waals surface area contributed by atoms with Crippen LogP contribution >= 0.6 is 19.8 Å². The van der Waals surface area contributed by atoms with Gasteiger partial charge in [-0.1, -0.05) is 6.07 Å². The molecule has 25 heavy (non-hydrogen) atoms. The number of hydrogen-bond acceptors (Lipinski definition) is 6. The third-order valence-electron chi connectivity index (χ3n) is 3.41. The Hall–Kier alpha value is -1.73. The summed E-state index contributed by atoms with van der Waals surface area (Å²) in [5.74, 6) is -0.798. The molecule has 2 rings (SSSR count). The number of aromatic amines is 1. The van der Waals surface area contributed by atoms with E-state index >= 15 is 0 Å². The van der Waals surface area contributed by atoms with Crippen LogP contribution in [0.25, 0.3) is 17.2 Å². The highest BCUT2D eigenvalue weighted by Crippen LogP contribution is 2.56. The van der Waals surface area contributed by atoms with Crippen molar-refractivity contribution in [1.29, 1.82) is 0 Å². The van der Waals surface area contributed by atoms with Crippen molar-refractivity contribution >= 4 is 43.0 Å². The number of methoxy groups -OCH3 is 1. The van der Waals surface area contributed by atoms with E-state index < -0.39 is 13.6 Å². The van der Waals surface area contributed by atoms with Gasteiger partial charge in [0.2, 0.25) is 0 Å². The molecule has 0 aliphatic heterocycles. The van der Waals surface area contributed by atoms with Gasteiger partial charge in [-0.05, 0) is 50.7 Å². The first kappa shape index (κ1) is 19.6. The number of ether oxygens (including phenoxy) is 1. The number of rotatable bonds is 7. The van der Waals surface area contributed by atoms with Crippen LogP contribution in [-0.2, 0) is 23.1 Å². The van der Waals surface area contributed by atoms with Crippen molar-refractivity contribution < 1.29 is 23.1 Å².